The first-order chi connectivity index (χ1) is 27.8. The zero-order valence-corrected chi connectivity index (χ0v) is 31.1. The molecular weight excluding hydrogens is 699 g/mol. The fraction of sp³-hybridized carbons (Fsp3) is 0.0189. The molecular formula is C53H33NOS. The van der Waals surface area contributed by atoms with Gasteiger partial charge in [0.15, 0.2) is 0 Å². The van der Waals surface area contributed by atoms with Crippen molar-refractivity contribution in [1.82, 2.24) is 0 Å². The number of nitrogens with zero attached hydrogens (tertiary/aromatic N) is 1. The van der Waals surface area contributed by atoms with E-state index < -0.39 is 5.41 Å². The molecule has 262 valence electrons. The maximum Gasteiger partial charge on any atom is 0.134 e. The number of rotatable bonds is 4. The molecule has 1 aromatic heterocycles. The highest BCUT2D eigenvalue weighted by molar-refractivity contribution is 7.99. The van der Waals surface area contributed by atoms with Crippen LogP contribution in [0.3, 0.4) is 0 Å². The monoisotopic (exact) mass is 731 g/mol. The largest absolute Gasteiger partial charge is 0.464 e. The predicted octanol–water partition coefficient (Wildman–Crippen LogP) is 14.7. The Morgan fingerprint density at radius 2 is 1.04 bits per heavy atom. The summed E-state index contributed by atoms with van der Waals surface area (Å²) in [7, 11) is 0. The molecule has 10 aromatic rings. The van der Waals surface area contributed by atoms with Crippen molar-refractivity contribution in [3.05, 3.63) is 223 Å². The van der Waals surface area contributed by atoms with Crippen LogP contribution in [0.4, 0.5) is 17.1 Å². The van der Waals surface area contributed by atoms with Gasteiger partial charge in [-0.15, -0.1) is 0 Å². The van der Waals surface area contributed by atoms with Crippen LogP contribution in [-0.2, 0) is 5.41 Å². The molecule has 1 aliphatic heterocycles. The van der Waals surface area contributed by atoms with Gasteiger partial charge in [-0.3, -0.25) is 0 Å². The molecule has 0 saturated carbocycles. The van der Waals surface area contributed by atoms with Gasteiger partial charge in [0.05, 0.1) is 17.4 Å². The third-order valence-corrected chi connectivity index (χ3v) is 13.1. The summed E-state index contributed by atoms with van der Waals surface area (Å²) in [5.74, 6) is 0. The first-order valence-corrected chi connectivity index (χ1v) is 20.0. The quantitative estimate of drug-likeness (QED) is 0.168. The average Bonchev–Trinajstić information content (AvgIpc) is 3.85. The third-order valence-electron chi connectivity index (χ3n) is 12.0. The van der Waals surface area contributed by atoms with Crippen LogP contribution >= 0.6 is 11.8 Å². The van der Waals surface area contributed by atoms with Gasteiger partial charge in [0.1, 0.15) is 5.58 Å². The van der Waals surface area contributed by atoms with Crippen LogP contribution in [0, 0.1) is 0 Å². The van der Waals surface area contributed by atoms with Crippen molar-refractivity contribution in [3.63, 3.8) is 0 Å². The summed E-state index contributed by atoms with van der Waals surface area (Å²) < 4.78 is 5.78. The topological polar surface area (TPSA) is 16.4 Å². The molecule has 2 heterocycles. The van der Waals surface area contributed by atoms with Crippen LogP contribution in [0.15, 0.2) is 215 Å². The number of hydrogen-bond donors (Lipinski definition) is 0. The Morgan fingerprint density at radius 3 is 1.84 bits per heavy atom. The summed E-state index contributed by atoms with van der Waals surface area (Å²) in [6.45, 7) is 0. The van der Waals surface area contributed by atoms with Gasteiger partial charge in [0.2, 0.25) is 0 Å². The minimum atomic E-state index is -0.466. The van der Waals surface area contributed by atoms with Crippen molar-refractivity contribution in [2.24, 2.45) is 0 Å². The van der Waals surface area contributed by atoms with E-state index in [-0.39, 0.29) is 0 Å². The summed E-state index contributed by atoms with van der Waals surface area (Å²) in [6, 6.07) is 71.7. The average molecular weight is 732 g/mol. The molecule has 2 nitrogen and oxygen atoms in total. The molecule has 2 aliphatic rings. The van der Waals surface area contributed by atoms with E-state index in [0.717, 1.165) is 39.2 Å². The number of benzene rings is 9. The second-order valence-electron chi connectivity index (χ2n) is 14.8. The maximum absolute atomic E-state index is 5.78. The summed E-state index contributed by atoms with van der Waals surface area (Å²) in [5.41, 5.74) is 14.0. The van der Waals surface area contributed by atoms with Gasteiger partial charge in [-0.25, -0.2) is 0 Å². The van der Waals surface area contributed by atoms with Gasteiger partial charge in [0, 0.05) is 31.9 Å². The smallest absolute Gasteiger partial charge is 0.134 e. The number of hydrogen-bond acceptors (Lipinski definition) is 3. The Balaban J connectivity index is 1.13. The van der Waals surface area contributed by atoms with E-state index in [0.29, 0.717) is 0 Å². The molecule has 56 heavy (non-hydrogen) atoms. The molecule has 0 fully saturated rings. The molecule has 0 N–H and O–H groups in total. The molecule has 1 spiro atoms. The number of anilines is 3. The van der Waals surface area contributed by atoms with Gasteiger partial charge in [-0.1, -0.05) is 151 Å². The zero-order chi connectivity index (χ0) is 36.8. The Bertz CT molecular complexity index is 3150. The SMILES string of the molecule is c1ccc2c(c1)Sc1ccccc1C21c2ccccc2-c2ccc(N(c3ccc(-c4ccc5ccoc5c4)cc3)c3cc4ccccc4c4ccccc34)cc21. The molecule has 0 bridgehead atoms. The lowest BCUT2D eigenvalue weighted by Crippen LogP contribution is -2.32. The van der Waals surface area contributed by atoms with Gasteiger partial charge in [-0.05, 0) is 115 Å². The Morgan fingerprint density at radius 1 is 0.411 bits per heavy atom. The fourth-order valence-corrected chi connectivity index (χ4v) is 10.8. The van der Waals surface area contributed by atoms with Gasteiger partial charge < -0.3 is 9.32 Å². The van der Waals surface area contributed by atoms with Crippen LogP contribution in [0.1, 0.15) is 22.3 Å². The molecule has 0 saturated heterocycles. The van der Waals surface area contributed by atoms with Crippen molar-refractivity contribution in [1.29, 1.82) is 0 Å². The van der Waals surface area contributed by atoms with E-state index in [9.17, 15) is 0 Å². The third kappa shape index (κ3) is 4.46. The highest BCUT2D eigenvalue weighted by Gasteiger charge is 2.50. The zero-order valence-electron chi connectivity index (χ0n) is 30.3. The van der Waals surface area contributed by atoms with Crippen LogP contribution < -0.4 is 4.90 Å². The first kappa shape index (κ1) is 31.5. The van der Waals surface area contributed by atoms with Crippen LogP contribution in [0.5, 0.6) is 0 Å². The second kappa shape index (κ2) is 12.1. The molecule has 0 unspecified atom stereocenters. The molecule has 12 rings (SSSR count). The lowest BCUT2D eigenvalue weighted by atomic mass is 9.67. The lowest BCUT2D eigenvalue weighted by molar-refractivity contribution is 0.616. The molecule has 0 atom stereocenters. The van der Waals surface area contributed by atoms with E-state index in [4.69, 9.17) is 4.42 Å². The molecule has 9 aromatic carbocycles. The Kier molecular flexibility index (Phi) is 6.81. The van der Waals surface area contributed by atoms with Crippen molar-refractivity contribution < 1.29 is 4.42 Å². The fourth-order valence-electron chi connectivity index (χ4n) is 9.57. The van der Waals surface area contributed by atoms with Gasteiger partial charge >= 0.3 is 0 Å². The van der Waals surface area contributed by atoms with Gasteiger partial charge in [-0.2, -0.15) is 0 Å². The van der Waals surface area contributed by atoms with Crippen molar-refractivity contribution >= 4 is 61.3 Å². The number of furan rings is 1. The minimum absolute atomic E-state index is 0.466. The summed E-state index contributed by atoms with van der Waals surface area (Å²) in [6.07, 6.45) is 1.76. The van der Waals surface area contributed by atoms with E-state index in [1.54, 1.807) is 6.26 Å². The second-order valence-corrected chi connectivity index (χ2v) is 15.9. The van der Waals surface area contributed by atoms with Crippen molar-refractivity contribution in [2.45, 2.75) is 15.2 Å². The van der Waals surface area contributed by atoms with E-state index in [1.165, 1.54) is 64.7 Å². The molecule has 0 amide bonds. The molecule has 1 aliphatic carbocycles. The summed E-state index contributed by atoms with van der Waals surface area (Å²) in [4.78, 5) is 5.08. The predicted molar refractivity (Wildman–Crippen MR) is 233 cm³/mol. The van der Waals surface area contributed by atoms with Crippen LogP contribution in [-0.4, -0.2) is 0 Å². The van der Waals surface area contributed by atoms with E-state index in [1.807, 2.05) is 17.8 Å². The highest BCUT2D eigenvalue weighted by atomic mass is 32.2. The Hall–Kier alpha value is -6.81. The van der Waals surface area contributed by atoms with E-state index in [2.05, 4.69) is 193 Å². The van der Waals surface area contributed by atoms with Crippen molar-refractivity contribution in [3.8, 4) is 22.3 Å². The highest BCUT2D eigenvalue weighted by Crippen LogP contribution is 2.62. The normalized spacial score (nSPS) is 13.4. The minimum Gasteiger partial charge on any atom is -0.464 e. The van der Waals surface area contributed by atoms with Crippen LogP contribution in [0.2, 0.25) is 0 Å². The molecule has 3 heteroatoms. The van der Waals surface area contributed by atoms with Crippen molar-refractivity contribution in [2.75, 3.05) is 4.90 Å². The maximum atomic E-state index is 5.78. The first-order valence-electron chi connectivity index (χ1n) is 19.2. The lowest BCUT2D eigenvalue weighted by Gasteiger charge is -2.40. The van der Waals surface area contributed by atoms with Crippen LogP contribution in [0.25, 0.3) is 54.8 Å². The standard InChI is InChI=1S/C53H33NOS/c1-2-12-40-37(11-1)31-49(44-15-4-3-13-41(40)44)54(38-25-23-34(24-26-38)36-22-21-35-29-30-55-50(35)32-36)39-27-28-43-42-14-5-6-16-45(42)53(48(43)33-39)46-17-7-9-19-51(46)56-52-20-10-8-18-47(52)53/h1-33H. The van der Waals surface area contributed by atoms with E-state index >= 15 is 0 Å². The van der Waals surface area contributed by atoms with Gasteiger partial charge in [0.25, 0.3) is 0 Å². The summed E-state index contributed by atoms with van der Waals surface area (Å²) in [5, 5.41) is 6.03. The summed E-state index contributed by atoms with van der Waals surface area (Å²) >= 11 is 1.88. The molecule has 0 radical (unpaired) electrons. The Labute approximate surface area is 329 Å². The number of fused-ring (bicyclic) bond motifs is 13.